The van der Waals surface area contributed by atoms with E-state index in [-0.39, 0.29) is 12.5 Å². The molecule has 0 bridgehead atoms. The normalized spacial score (nSPS) is 8.75. The van der Waals surface area contributed by atoms with Crippen LogP contribution in [0.1, 0.15) is 0 Å². The Labute approximate surface area is 52.9 Å². The van der Waals surface area contributed by atoms with Crippen LogP contribution in [0.2, 0.25) is 0 Å². The molecule has 0 unspecified atom stereocenters. The molecule has 8 heavy (non-hydrogen) atoms. The molecule has 0 rings (SSSR count). The summed E-state index contributed by atoms with van der Waals surface area (Å²) in [5, 5.41) is 0. The minimum absolute atomic E-state index is 0.0972. The van der Waals surface area contributed by atoms with E-state index in [0.29, 0.717) is 0 Å². The number of hydrogen-bond donors (Lipinski definition) is 1. The van der Waals surface area contributed by atoms with Crippen LogP contribution in [0.4, 0.5) is 0 Å². The van der Waals surface area contributed by atoms with E-state index in [2.05, 4.69) is 9.46 Å². The average molecular weight is 135 g/mol. The lowest BCUT2D eigenvalue weighted by molar-refractivity contribution is -0.122. The Morgan fingerprint density at radius 2 is 2.50 bits per heavy atom. The Morgan fingerprint density at radius 1 is 1.88 bits per heavy atom. The van der Waals surface area contributed by atoms with Gasteiger partial charge in [-0.25, -0.2) is 0 Å². The average Bonchev–Trinajstić information content (AvgIpc) is 1.68. The zero-order chi connectivity index (χ0) is 6.41. The largest absolute Gasteiger partial charge is 0.375 e. The standard InChI is InChI=1S/C4H9NO2S/c1-7-3-4(6)5-8-2/h3H2,1-2H3,(H,5,6). The quantitative estimate of drug-likeness (QED) is 0.555. The molecule has 1 amide bonds. The van der Waals surface area contributed by atoms with Gasteiger partial charge >= 0.3 is 0 Å². The SMILES string of the molecule is COCC(=O)NSC. The summed E-state index contributed by atoms with van der Waals surface area (Å²) in [5.74, 6) is -0.0972. The van der Waals surface area contributed by atoms with Crippen LogP contribution in [0.3, 0.4) is 0 Å². The molecule has 0 aromatic carbocycles. The first-order valence-corrected chi connectivity index (χ1v) is 3.34. The second-order valence-electron chi connectivity index (χ2n) is 1.16. The molecule has 0 atom stereocenters. The van der Waals surface area contributed by atoms with E-state index < -0.39 is 0 Å². The van der Waals surface area contributed by atoms with Crippen molar-refractivity contribution in [2.75, 3.05) is 20.0 Å². The molecule has 1 N–H and O–H groups in total. The summed E-state index contributed by atoms with van der Waals surface area (Å²) in [6.07, 6.45) is 1.79. The molecule has 0 aliphatic carbocycles. The Balaban J connectivity index is 3.06. The van der Waals surface area contributed by atoms with Crippen LogP contribution in [0, 0.1) is 0 Å². The lowest BCUT2D eigenvalue weighted by Gasteiger charge is -1.96. The molecule has 0 fully saturated rings. The van der Waals surface area contributed by atoms with Crippen molar-refractivity contribution < 1.29 is 9.53 Å². The molecule has 0 aliphatic heterocycles. The number of nitrogens with one attached hydrogen (secondary N) is 1. The van der Waals surface area contributed by atoms with Crippen molar-refractivity contribution in [1.29, 1.82) is 0 Å². The van der Waals surface area contributed by atoms with Crippen LogP contribution < -0.4 is 4.72 Å². The fourth-order valence-electron chi connectivity index (χ4n) is 0.274. The molecule has 0 spiro atoms. The fraction of sp³-hybridized carbons (Fsp3) is 0.750. The number of amides is 1. The third-order valence-corrected chi connectivity index (χ3v) is 0.923. The van der Waals surface area contributed by atoms with E-state index in [9.17, 15) is 4.79 Å². The summed E-state index contributed by atoms with van der Waals surface area (Å²) in [4.78, 5) is 10.4. The van der Waals surface area contributed by atoms with Gasteiger partial charge in [-0.3, -0.25) is 9.52 Å². The molecule has 4 heteroatoms. The van der Waals surface area contributed by atoms with Crippen molar-refractivity contribution in [2.45, 2.75) is 0 Å². The molecule has 0 saturated heterocycles. The van der Waals surface area contributed by atoms with Crippen molar-refractivity contribution in [2.24, 2.45) is 0 Å². The molecule has 48 valence electrons. The van der Waals surface area contributed by atoms with E-state index in [1.165, 1.54) is 19.1 Å². The smallest absolute Gasteiger partial charge is 0.255 e. The Kier molecular flexibility index (Phi) is 4.79. The number of methoxy groups -OCH3 is 1. The van der Waals surface area contributed by atoms with Gasteiger partial charge in [0, 0.05) is 13.4 Å². The van der Waals surface area contributed by atoms with Gasteiger partial charge in [0.1, 0.15) is 6.61 Å². The highest BCUT2D eigenvalue weighted by Crippen LogP contribution is 1.80. The molecular weight excluding hydrogens is 126 g/mol. The van der Waals surface area contributed by atoms with Crippen molar-refractivity contribution in [3.8, 4) is 0 Å². The van der Waals surface area contributed by atoms with Gasteiger partial charge in [-0.1, -0.05) is 11.9 Å². The second-order valence-corrected chi connectivity index (χ2v) is 1.77. The summed E-state index contributed by atoms with van der Waals surface area (Å²) in [6, 6.07) is 0. The first kappa shape index (κ1) is 7.78. The third-order valence-electron chi connectivity index (χ3n) is 0.491. The zero-order valence-electron chi connectivity index (χ0n) is 4.93. The topological polar surface area (TPSA) is 38.3 Å². The van der Waals surface area contributed by atoms with Gasteiger partial charge in [-0.15, -0.1) is 0 Å². The zero-order valence-corrected chi connectivity index (χ0v) is 5.75. The van der Waals surface area contributed by atoms with Gasteiger partial charge in [-0.2, -0.15) is 0 Å². The van der Waals surface area contributed by atoms with Gasteiger partial charge in [0.05, 0.1) is 0 Å². The lowest BCUT2D eigenvalue weighted by atomic mass is 10.7. The first-order chi connectivity index (χ1) is 3.81. The van der Waals surface area contributed by atoms with Gasteiger partial charge in [0.25, 0.3) is 5.91 Å². The van der Waals surface area contributed by atoms with Gasteiger partial charge in [-0.05, 0) is 0 Å². The maximum absolute atomic E-state index is 10.4. The number of hydrogen-bond acceptors (Lipinski definition) is 3. The van der Waals surface area contributed by atoms with Gasteiger partial charge in [0.2, 0.25) is 0 Å². The van der Waals surface area contributed by atoms with Crippen molar-refractivity contribution in [3.05, 3.63) is 0 Å². The van der Waals surface area contributed by atoms with Gasteiger partial charge in [0.15, 0.2) is 0 Å². The first-order valence-electron chi connectivity index (χ1n) is 2.12. The van der Waals surface area contributed by atoms with Crippen molar-refractivity contribution in [1.82, 2.24) is 4.72 Å². The summed E-state index contributed by atoms with van der Waals surface area (Å²) in [7, 11) is 1.49. The lowest BCUT2D eigenvalue weighted by Crippen LogP contribution is -2.19. The number of carbonyl (C=O) groups is 1. The molecule has 0 saturated carbocycles. The summed E-state index contributed by atoms with van der Waals surface area (Å²) >= 11 is 1.27. The molecule has 0 aliphatic rings. The highest BCUT2D eigenvalue weighted by atomic mass is 32.2. The highest BCUT2D eigenvalue weighted by Gasteiger charge is 1.94. The molecular formula is C4H9NO2S. The Hall–Kier alpha value is -0.220. The highest BCUT2D eigenvalue weighted by molar-refractivity contribution is 7.97. The van der Waals surface area contributed by atoms with E-state index >= 15 is 0 Å². The molecule has 0 aromatic heterocycles. The van der Waals surface area contributed by atoms with Crippen LogP contribution in [0.25, 0.3) is 0 Å². The van der Waals surface area contributed by atoms with Crippen LogP contribution in [0.5, 0.6) is 0 Å². The fourth-order valence-corrected chi connectivity index (χ4v) is 0.561. The molecule has 0 radical (unpaired) electrons. The molecule has 3 nitrogen and oxygen atoms in total. The monoisotopic (exact) mass is 135 g/mol. The summed E-state index contributed by atoms with van der Waals surface area (Å²) in [5.41, 5.74) is 0. The van der Waals surface area contributed by atoms with Crippen LogP contribution in [-0.2, 0) is 9.53 Å². The number of ether oxygens (including phenoxy) is 1. The van der Waals surface area contributed by atoms with Crippen molar-refractivity contribution in [3.63, 3.8) is 0 Å². The minimum Gasteiger partial charge on any atom is -0.375 e. The van der Waals surface area contributed by atoms with E-state index in [4.69, 9.17) is 0 Å². The predicted molar refractivity (Wildman–Crippen MR) is 33.5 cm³/mol. The van der Waals surface area contributed by atoms with Crippen molar-refractivity contribution >= 4 is 17.9 Å². The van der Waals surface area contributed by atoms with E-state index in [1.54, 1.807) is 6.26 Å². The van der Waals surface area contributed by atoms with Crippen LogP contribution >= 0.6 is 11.9 Å². The maximum Gasteiger partial charge on any atom is 0.255 e. The minimum atomic E-state index is -0.0972. The van der Waals surface area contributed by atoms with Crippen LogP contribution in [0.15, 0.2) is 0 Å². The van der Waals surface area contributed by atoms with Gasteiger partial charge < -0.3 is 4.74 Å². The second kappa shape index (κ2) is 4.93. The number of carbonyl (C=O) groups excluding carboxylic acids is 1. The number of rotatable bonds is 3. The molecule has 0 aromatic rings. The maximum atomic E-state index is 10.4. The molecule has 0 heterocycles. The van der Waals surface area contributed by atoms with E-state index in [0.717, 1.165) is 0 Å². The summed E-state index contributed by atoms with van der Waals surface area (Å²) in [6.45, 7) is 0.140. The third kappa shape index (κ3) is 3.95. The van der Waals surface area contributed by atoms with Crippen LogP contribution in [-0.4, -0.2) is 25.9 Å². The predicted octanol–water partition coefficient (Wildman–Crippen LogP) is 0.0270. The van der Waals surface area contributed by atoms with E-state index in [1.807, 2.05) is 0 Å². The Bertz CT molecular complexity index is 68.4. The summed E-state index contributed by atoms with van der Waals surface area (Å²) < 4.78 is 7.03. The Morgan fingerprint density at radius 3 is 2.88 bits per heavy atom.